The lowest BCUT2D eigenvalue weighted by atomic mass is 10.1. The maximum absolute atomic E-state index is 12.3. The van der Waals surface area contributed by atoms with Gasteiger partial charge in [-0.1, -0.05) is 30.3 Å². The number of hydrogen-bond donors (Lipinski definition) is 2. The van der Waals surface area contributed by atoms with E-state index < -0.39 is 19.1 Å². The minimum atomic E-state index is -3.55. The molecule has 1 amide bonds. The number of rotatable bonds is 7. The third kappa shape index (κ3) is 7.45. The van der Waals surface area contributed by atoms with Crippen molar-refractivity contribution in [3.63, 3.8) is 0 Å². The monoisotopic (exact) mass is 391 g/mol. The Bertz CT molecular complexity index is 784. The molecule has 0 aliphatic rings. The van der Waals surface area contributed by atoms with Crippen LogP contribution in [0.4, 0.5) is 4.79 Å². The molecular formula is C20H26NO5P. The molecule has 2 rings (SSSR count). The van der Waals surface area contributed by atoms with Gasteiger partial charge in [0.25, 0.3) is 7.37 Å². The first-order chi connectivity index (χ1) is 12.7. The maximum atomic E-state index is 12.3. The van der Waals surface area contributed by atoms with Gasteiger partial charge in [0.15, 0.2) is 6.35 Å². The van der Waals surface area contributed by atoms with E-state index in [1.54, 1.807) is 42.5 Å². The molecule has 0 aliphatic carbocycles. The first kappa shape index (κ1) is 21.0. The van der Waals surface area contributed by atoms with Gasteiger partial charge in [0.2, 0.25) is 0 Å². The molecule has 0 heterocycles. The van der Waals surface area contributed by atoms with Crippen LogP contribution in [0.5, 0.6) is 5.75 Å². The Morgan fingerprint density at radius 1 is 1.07 bits per heavy atom. The summed E-state index contributed by atoms with van der Waals surface area (Å²) in [6.07, 6.45) is -0.0828. The molecule has 2 N–H and O–H groups in total. The van der Waals surface area contributed by atoms with Crippen LogP contribution in [0.2, 0.25) is 0 Å². The molecular weight excluding hydrogens is 365 g/mol. The molecule has 0 saturated carbocycles. The Kier molecular flexibility index (Phi) is 7.05. The van der Waals surface area contributed by atoms with E-state index in [0.717, 1.165) is 5.56 Å². The second-order valence-electron chi connectivity index (χ2n) is 7.13. The molecule has 1 atom stereocenters. The molecule has 2 aromatic rings. The van der Waals surface area contributed by atoms with Gasteiger partial charge in [-0.05, 0) is 57.0 Å². The van der Waals surface area contributed by atoms with E-state index in [9.17, 15) is 14.3 Å². The summed E-state index contributed by atoms with van der Waals surface area (Å²) in [6, 6.07) is 15.7. The minimum Gasteiger partial charge on any atom is -0.483 e. The van der Waals surface area contributed by atoms with Gasteiger partial charge in [-0.3, -0.25) is 4.57 Å². The van der Waals surface area contributed by atoms with Gasteiger partial charge in [0.1, 0.15) is 11.4 Å². The lowest BCUT2D eigenvalue weighted by Gasteiger charge is -2.19. The van der Waals surface area contributed by atoms with Crippen LogP contribution in [-0.2, 0) is 15.7 Å². The summed E-state index contributed by atoms with van der Waals surface area (Å²) in [5.41, 5.74) is 0.489. The van der Waals surface area contributed by atoms with Gasteiger partial charge in [0, 0.05) is 11.8 Å². The number of benzene rings is 2. The standard InChI is InChI=1S/C20H26NO5P/c1-20(2,3)26-19(22)21-14-13-16-9-11-17(12-10-16)25-15-27(23,24)18-7-5-4-6-8-18/h4-12H,13-15H2,1-3H3,(H,21,22)(H,23,24). The van der Waals surface area contributed by atoms with Crippen LogP contribution in [0, 0.1) is 0 Å². The van der Waals surface area contributed by atoms with Crippen molar-refractivity contribution in [3.05, 3.63) is 60.2 Å². The topological polar surface area (TPSA) is 84.9 Å². The fourth-order valence-electron chi connectivity index (χ4n) is 2.27. The number of carbonyl (C=O) groups is 1. The molecule has 1 unspecified atom stereocenters. The van der Waals surface area contributed by atoms with Crippen LogP contribution in [0.15, 0.2) is 54.6 Å². The molecule has 0 saturated heterocycles. The Morgan fingerprint density at radius 3 is 2.30 bits per heavy atom. The Morgan fingerprint density at radius 2 is 1.70 bits per heavy atom. The van der Waals surface area contributed by atoms with Gasteiger partial charge in [-0.25, -0.2) is 4.79 Å². The number of alkyl carbamates (subject to hydrolysis) is 1. The summed E-state index contributed by atoms with van der Waals surface area (Å²) in [5.74, 6) is 0.518. The fraction of sp³-hybridized carbons (Fsp3) is 0.350. The molecule has 0 spiro atoms. The molecule has 0 fully saturated rings. The van der Waals surface area contributed by atoms with Crippen LogP contribution in [0.3, 0.4) is 0 Å². The highest BCUT2D eigenvalue weighted by atomic mass is 31.2. The molecule has 27 heavy (non-hydrogen) atoms. The maximum Gasteiger partial charge on any atom is 0.407 e. The zero-order valence-electron chi connectivity index (χ0n) is 15.8. The lowest BCUT2D eigenvalue weighted by Crippen LogP contribution is -2.33. The zero-order chi connectivity index (χ0) is 19.9. The highest BCUT2D eigenvalue weighted by Crippen LogP contribution is 2.39. The van der Waals surface area contributed by atoms with Crippen molar-refractivity contribution in [2.24, 2.45) is 0 Å². The largest absolute Gasteiger partial charge is 0.483 e. The van der Waals surface area contributed by atoms with Crippen LogP contribution in [-0.4, -0.2) is 29.5 Å². The summed E-state index contributed by atoms with van der Waals surface area (Å²) >= 11 is 0. The number of ether oxygens (including phenoxy) is 2. The molecule has 0 radical (unpaired) electrons. The molecule has 0 bridgehead atoms. The van der Waals surface area contributed by atoms with Gasteiger partial charge >= 0.3 is 6.09 Å². The molecule has 146 valence electrons. The lowest BCUT2D eigenvalue weighted by molar-refractivity contribution is 0.0528. The predicted molar refractivity (Wildman–Crippen MR) is 106 cm³/mol. The minimum absolute atomic E-state index is 0.281. The number of hydrogen-bond acceptors (Lipinski definition) is 4. The molecule has 0 aromatic heterocycles. The fourth-order valence-corrected chi connectivity index (χ4v) is 3.38. The Balaban J connectivity index is 1.80. The van der Waals surface area contributed by atoms with Gasteiger partial charge in [0.05, 0.1) is 0 Å². The Labute approximate surface area is 160 Å². The highest BCUT2D eigenvalue weighted by molar-refractivity contribution is 7.65. The van der Waals surface area contributed by atoms with Crippen LogP contribution in [0.1, 0.15) is 26.3 Å². The summed E-state index contributed by atoms with van der Waals surface area (Å²) in [6.45, 7) is 5.89. The quantitative estimate of drug-likeness (QED) is 0.704. The second-order valence-corrected chi connectivity index (χ2v) is 9.31. The second kappa shape index (κ2) is 9.07. The van der Waals surface area contributed by atoms with Crippen molar-refractivity contribution in [2.45, 2.75) is 32.8 Å². The van der Waals surface area contributed by atoms with Crippen molar-refractivity contribution >= 4 is 18.8 Å². The van der Waals surface area contributed by atoms with Crippen molar-refractivity contribution in [1.29, 1.82) is 0 Å². The normalized spacial score (nSPS) is 13.5. The van der Waals surface area contributed by atoms with Gasteiger partial charge < -0.3 is 19.7 Å². The first-order valence-corrected chi connectivity index (χ1v) is 10.6. The zero-order valence-corrected chi connectivity index (χ0v) is 16.7. The van der Waals surface area contributed by atoms with Crippen molar-refractivity contribution in [2.75, 3.05) is 12.9 Å². The van der Waals surface area contributed by atoms with Crippen LogP contribution >= 0.6 is 7.37 Å². The van der Waals surface area contributed by atoms with E-state index in [0.29, 0.717) is 24.0 Å². The number of amides is 1. The summed E-state index contributed by atoms with van der Waals surface area (Å²) in [7, 11) is -3.55. The number of carbonyl (C=O) groups excluding carboxylic acids is 1. The van der Waals surface area contributed by atoms with E-state index in [1.165, 1.54) is 0 Å². The van der Waals surface area contributed by atoms with E-state index in [-0.39, 0.29) is 6.35 Å². The van der Waals surface area contributed by atoms with Crippen molar-refractivity contribution in [1.82, 2.24) is 5.32 Å². The average Bonchev–Trinajstić information content (AvgIpc) is 2.60. The smallest absolute Gasteiger partial charge is 0.407 e. The predicted octanol–water partition coefficient (Wildman–Crippen LogP) is 3.69. The van der Waals surface area contributed by atoms with Gasteiger partial charge in [-0.2, -0.15) is 0 Å². The summed E-state index contributed by atoms with van der Waals surface area (Å²) < 4.78 is 23.0. The van der Waals surface area contributed by atoms with E-state index in [1.807, 2.05) is 32.9 Å². The van der Waals surface area contributed by atoms with E-state index in [4.69, 9.17) is 9.47 Å². The molecule has 7 heteroatoms. The molecule has 0 aliphatic heterocycles. The van der Waals surface area contributed by atoms with Crippen molar-refractivity contribution < 1.29 is 23.7 Å². The van der Waals surface area contributed by atoms with Crippen LogP contribution in [0.25, 0.3) is 0 Å². The van der Waals surface area contributed by atoms with E-state index in [2.05, 4.69) is 5.32 Å². The average molecular weight is 391 g/mol. The first-order valence-electron chi connectivity index (χ1n) is 8.72. The number of nitrogens with one attached hydrogen (secondary N) is 1. The Hall–Kier alpha value is -2.30. The summed E-state index contributed by atoms with van der Waals surface area (Å²) in [5, 5.41) is 3.07. The van der Waals surface area contributed by atoms with Gasteiger partial charge in [-0.15, -0.1) is 0 Å². The molecule has 6 nitrogen and oxygen atoms in total. The third-order valence-corrected chi connectivity index (χ3v) is 5.16. The molecule has 2 aromatic carbocycles. The third-order valence-electron chi connectivity index (χ3n) is 3.57. The summed E-state index contributed by atoms with van der Waals surface area (Å²) in [4.78, 5) is 21.7. The van der Waals surface area contributed by atoms with Crippen molar-refractivity contribution in [3.8, 4) is 5.75 Å². The van der Waals surface area contributed by atoms with Crippen LogP contribution < -0.4 is 15.4 Å². The SMILES string of the molecule is CC(C)(C)OC(=O)NCCc1ccc(OCP(=O)(O)c2ccccc2)cc1. The highest BCUT2D eigenvalue weighted by Gasteiger charge is 2.22. The van der Waals surface area contributed by atoms with E-state index >= 15 is 0 Å².